The molecule has 0 saturated heterocycles. The molecule has 0 bridgehead atoms. The summed E-state index contributed by atoms with van der Waals surface area (Å²) in [6, 6.07) is 6.58. The molecule has 0 spiro atoms. The second-order valence-electron chi connectivity index (χ2n) is 2.12. The maximum Gasteiger partial charge on any atom is 0.274 e. The average molecular weight is 295 g/mol. The maximum absolute atomic E-state index is 10.5. The summed E-state index contributed by atoms with van der Waals surface area (Å²) >= 11 is 6.43. The molecule has 0 aliphatic rings. The number of nitro benzene ring substituents is 1. The minimum absolute atomic E-state index is 0.122. The van der Waals surface area contributed by atoms with Crippen molar-refractivity contribution in [1.29, 1.82) is 0 Å². The molecule has 0 aliphatic heterocycles. The summed E-state index contributed by atoms with van der Waals surface area (Å²) in [5, 5.41) is 10.5. The predicted octanol–water partition coefficient (Wildman–Crippen LogP) is 3.38. The van der Waals surface area contributed by atoms with Gasteiger partial charge in [-0.1, -0.05) is 50.1 Å². The molecule has 0 unspecified atom stereocenters. The van der Waals surface area contributed by atoms with Crippen molar-refractivity contribution in [3.63, 3.8) is 0 Å². The third kappa shape index (κ3) is 2.04. The van der Waals surface area contributed by atoms with Gasteiger partial charge in [-0.05, 0) is 0 Å². The first kappa shape index (κ1) is 9.67. The van der Waals surface area contributed by atoms with Crippen LogP contribution in [0.1, 0.15) is 9.30 Å². The predicted molar refractivity (Wildman–Crippen MR) is 53.7 cm³/mol. The lowest BCUT2D eigenvalue weighted by molar-refractivity contribution is -0.385. The van der Waals surface area contributed by atoms with Gasteiger partial charge in [0.1, 0.15) is 3.74 Å². The number of benzene rings is 1. The van der Waals surface area contributed by atoms with Gasteiger partial charge in [0.05, 0.1) is 10.5 Å². The summed E-state index contributed by atoms with van der Waals surface area (Å²) in [4.78, 5) is 10.1. The third-order valence-corrected chi connectivity index (χ3v) is 2.36. The Morgan fingerprint density at radius 1 is 1.33 bits per heavy atom. The lowest BCUT2D eigenvalue weighted by atomic mass is 10.2. The van der Waals surface area contributed by atoms with Crippen molar-refractivity contribution in [2.45, 2.75) is 3.74 Å². The zero-order chi connectivity index (χ0) is 9.14. The fraction of sp³-hybridized carbons (Fsp3) is 0.143. The SMILES string of the molecule is O=[N+]([O-])c1ccccc1C(Br)Br. The molecule has 12 heavy (non-hydrogen) atoms. The van der Waals surface area contributed by atoms with E-state index in [1.807, 2.05) is 0 Å². The highest BCUT2D eigenvalue weighted by atomic mass is 79.9. The minimum Gasteiger partial charge on any atom is -0.258 e. The number of nitrogens with zero attached hydrogens (tertiary/aromatic N) is 1. The van der Waals surface area contributed by atoms with Crippen molar-refractivity contribution >= 4 is 37.5 Å². The van der Waals surface area contributed by atoms with Crippen LogP contribution in [0, 0.1) is 10.1 Å². The number of hydrogen-bond acceptors (Lipinski definition) is 2. The van der Waals surface area contributed by atoms with Crippen molar-refractivity contribution in [3.8, 4) is 0 Å². The van der Waals surface area contributed by atoms with Gasteiger partial charge in [0, 0.05) is 6.07 Å². The molecule has 0 amide bonds. The van der Waals surface area contributed by atoms with E-state index in [0.29, 0.717) is 5.56 Å². The summed E-state index contributed by atoms with van der Waals surface area (Å²) in [7, 11) is 0. The van der Waals surface area contributed by atoms with E-state index in [0.717, 1.165) is 0 Å². The molecule has 1 aromatic carbocycles. The van der Waals surface area contributed by atoms with Crippen LogP contribution in [0.4, 0.5) is 5.69 Å². The van der Waals surface area contributed by atoms with Gasteiger partial charge in [-0.25, -0.2) is 0 Å². The second-order valence-corrected chi connectivity index (χ2v) is 5.18. The van der Waals surface area contributed by atoms with Crippen LogP contribution in [0.3, 0.4) is 0 Å². The summed E-state index contributed by atoms with van der Waals surface area (Å²) in [6.45, 7) is 0. The van der Waals surface area contributed by atoms with Gasteiger partial charge < -0.3 is 0 Å². The van der Waals surface area contributed by atoms with Crippen molar-refractivity contribution in [1.82, 2.24) is 0 Å². The van der Waals surface area contributed by atoms with Gasteiger partial charge in [-0.3, -0.25) is 10.1 Å². The lowest BCUT2D eigenvalue weighted by Crippen LogP contribution is -1.93. The van der Waals surface area contributed by atoms with E-state index in [1.165, 1.54) is 6.07 Å². The summed E-state index contributed by atoms with van der Waals surface area (Å²) in [5.41, 5.74) is 0.749. The van der Waals surface area contributed by atoms with Gasteiger partial charge in [0.25, 0.3) is 5.69 Å². The average Bonchev–Trinajstić information content (AvgIpc) is 2.04. The van der Waals surface area contributed by atoms with Crippen LogP contribution in [0.15, 0.2) is 24.3 Å². The normalized spacial score (nSPS) is 10.2. The molecule has 64 valence electrons. The highest BCUT2D eigenvalue weighted by Crippen LogP contribution is 2.34. The summed E-state index contributed by atoms with van der Waals surface area (Å²) in [6.07, 6.45) is 0. The van der Waals surface area contributed by atoms with Crippen LogP contribution in [-0.2, 0) is 0 Å². The molecular formula is C7H5Br2NO2. The number of rotatable bonds is 2. The first-order valence-electron chi connectivity index (χ1n) is 3.14. The first-order valence-corrected chi connectivity index (χ1v) is 4.97. The van der Waals surface area contributed by atoms with Crippen molar-refractivity contribution in [2.75, 3.05) is 0 Å². The van der Waals surface area contributed by atoms with Gasteiger partial charge in [-0.2, -0.15) is 0 Å². The molecule has 0 fully saturated rings. The highest BCUT2D eigenvalue weighted by molar-refractivity contribution is 9.24. The molecule has 1 rings (SSSR count). The molecular weight excluding hydrogens is 290 g/mol. The van der Waals surface area contributed by atoms with Crippen molar-refractivity contribution in [2.24, 2.45) is 0 Å². The Morgan fingerprint density at radius 3 is 2.33 bits per heavy atom. The number of hydrogen-bond donors (Lipinski definition) is 0. The van der Waals surface area contributed by atoms with Crippen LogP contribution in [0.25, 0.3) is 0 Å². The molecule has 0 heterocycles. The molecule has 1 aromatic rings. The number of nitro groups is 1. The Bertz CT molecular complexity index is 301. The number of alkyl halides is 2. The van der Waals surface area contributed by atoms with E-state index in [9.17, 15) is 10.1 Å². The van der Waals surface area contributed by atoms with Gasteiger partial charge in [-0.15, -0.1) is 0 Å². The molecule has 0 aliphatic carbocycles. The summed E-state index contributed by atoms with van der Waals surface area (Å²) in [5.74, 6) is 0. The molecule has 0 N–H and O–H groups in total. The van der Waals surface area contributed by atoms with Crippen LogP contribution >= 0.6 is 31.9 Å². The van der Waals surface area contributed by atoms with Gasteiger partial charge in [0.2, 0.25) is 0 Å². The number of halogens is 2. The second kappa shape index (κ2) is 4.00. The Morgan fingerprint density at radius 2 is 1.92 bits per heavy atom. The molecule has 0 saturated carbocycles. The maximum atomic E-state index is 10.5. The molecule has 0 radical (unpaired) electrons. The largest absolute Gasteiger partial charge is 0.274 e. The zero-order valence-electron chi connectivity index (χ0n) is 5.91. The molecule has 3 nitrogen and oxygen atoms in total. The van der Waals surface area contributed by atoms with Crippen LogP contribution in [0.5, 0.6) is 0 Å². The van der Waals surface area contributed by atoms with E-state index in [4.69, 9.17) is 0 Å². The highest BCUT2D eigenvalue weighted by Gasteiger charge is 2.16. The van der Waals surface area contributed by atoms with Crippen molar-refractivity contribution < 1.29 is 4.92 Å². The van der Waals surface area contributed by atoms with Crippen LogP contribution < -0.4 is 0 Å². The Balaban J connectivity index is 3.17. The molecule has 0 aromatic heterocycles. The standard InChI is InChI=1S/C7H5Br2NO2/c8-7(9)5-3-1-2-4-6(5)10(11)12/h1-4,7H. The lowest BCUT2D eigenvalue weighted by Gasteiger charge is -2.01. The Labute approximate surface area is 86.2 Å². The monoisotopic (exact) mass is 293 g/mol. The van der Waals surface area contributed by atoms with Gasteiger partial charge in [0.15, 0.2) is 0 Å². The van der Waals surface area contributed by atoms with E-state index in [-0.39, 0.29) is 9.42 Å². The Hall–Kier alpha value is -0.420. The fourth-order valence-electron chi connectivity index (χ4n) is 0.838. The third-order valence-electron chi connectivity index (χ3n) is 1.37. The van der Waals surface area contributed by atoms with E-state index < -0.39 is 4.92 Å². The molecule has 0 atom stereocenters. The smallest absolute Gasteiger partial charge is 0.258 e. The fourth-order valence-corrected chi connectivity index (χ4v) is 1.61. The van der Waals surface area contributed by atoms with Crippen LogP contribution in [-0.4, -0.2) is 4.92 Å². The topological polar surface area (TPSA) is 43.1 Å². The Kier molecular flexibility index (Phi) is 3.22. The van der Waals surface area contributed by atoms with Crippen LogP contribution in [0.2, 0.25) is 0 Å². The van der Waals surface area contributed by atoms with E-state index in [1.54, 1.807) is 18.2 Å². The van der Waals surface area contributed by atoms with Gasteiger partial charge >= 0.3 is 0 Å². The zero-order valence-corrected chi connectivity index (χ0v) is 9.08. The minimum atomic E-state index is -0.398. The first-order chi connectivity index (χ1) is 5.63. The molecule has 5 heteroatoms. The quantitative estimate of drug-likeness (QED) is 0.477. The summed E-state index contributed by atoms with van der Waals surface area (Å²) < 4.78 is -0.174. The van der Waals surface area contributed by atoms with Crippen molar-refractivity contribution in [3.05, 3.63) is 39.9 Å². The number of para-hydroxylation sites is 1. The van der Waals surface area contributed by atoms with E-state index >= 15 is 0 Å². The van der Waals surface area contributed by atoms with E-state index in [2.05, 4.69) is 31.9 Å².